The smallest absolute Gasteiger partial charge is 0.0535 e. The summed E-state index contributed by atoms with van der Waals surface area (Å²) >= 11 is 0. The lowest BCUT2D eigenvalue weighted by Gasteiger charge is -2.16. The zero-order valence-electron chi connectivity index (χ0n) is 11.4. The molecule has 4 N–H and O–H groups in total. The van der Waals surface area contributed by atoms with Gasteiger partial charge in [0.2, 0.25) is 0 Å². The fourth-order valence-electron chi connectivity index (χ4n) is 2.91. The van der Waals surface area contributed by atoms with Crippen LogP contribution in [0.15, 0.2) is 48.5 Å². The van der Waals surface area contributed by atoms with Crippen molar-refractivity contribution in [3.8, 4) is 0 Å². The molecule has 3 heteroatoms. The van der Waals surface area contributed by atoms with E-state index in [1.54, 1.807) is 0 Å². The molecule has 2 unspecified atom stereocenters. The highest BCUT2D eigenvalue weighted by atomic mass is 16.2. The Balaban J connectivity index is 1.76. The van der Waals surface area contributed by atoms with Crippen LogP contribution in [0.5, 0.6) is 0 Å². The highest BCUT2D eigenvalue weighted by Gasteiger charge is 2.27. The van der Waals surface area contributed by atoms with E-state index in [0.29, 0.717) is 6.42 Å². The number of hydrogen-bond donors (Lipinski definition) is 3. The molecule has 104 valence electrons. The first kappa shape index (κ1) is 13.2. The molecular weight excluding hydrogens is 248 g/mol. The summed E-state index contributed by atoms with van der Waals surface area (Å²) in [4.78, 5) is 0. The molecule has 0 aromatic heterocycles. The summed E-state index contributed by atoms with van der Waals surface area (Å²) in [6.45, 7) is 0.192. The molecule has 0 fully saturated rings. The van der Waals surface area contributed by atoms with Crippen LogP contribution in [-0.2, 0) is 6.42 Å². The molecule has 2 atom stereocenters. The van der Waals surface area contributed by atoms with Crippen LogP contribution in [0, 0.1) is 0 Å². The second-order valence-electron chi connectivity index (χ2n) is 5.34. The maximum absolute atomic E-state index is 8.93. The molecule has 2 aromatic rings. The summed E-state index contributed by atoms with van der Waals surface area (Å²) in [6, 6.07) is 17.0. The minimum absolute atomic E-state index is 0.123. The van der Waals surface area contributed by atoms with Crippen molar-refractivity contribution in [2.75, 3.05) is 11.9 Å². The molecular formula is C17H20N2O. The molecule has 0 radical (unpaired) electrons. The number of anilines is 1. The SMILES string of the molecule is NC1CC(Nc2ccc(CCO)cc2)c2ccccc21. The number of nitrogens with one attached hydrogen (secondary N) is 1. The van der Waals surface area contributed by atoms with Crippen LogP contribution in [0.3, 0.4) is 0 Å². The van der Waals surface area contributed by atoms with Crippen LogP contribution in [0.1, 0.15) is 35.2 Å². The summed E-state index contributed by atoms with van der Waals surface area (Å²) in [7, 11) is 0. The molecule has 0 saturated carbocycles. The Morgan fingerprint density at radius 1 is 1.05 bits per heavy atom. The fourth-order valence-corrected chi connectivity index (χ4v) is 2.91. The standard InChI is InChI=1S/C17H20N2O/c18-16-11-17(15-4-2-1-3-14(15)16)19-13-7-5-12(6-8-13)9-10-20/h1-8,16-17,19-20H,9-11,18H2. The van der Waals surface area contributed by atoms with Gasteiger partial charge in [0.15, 0.2) is 0 Å². The van der Waals surface area contributed by atoms with E-state index in [4.69, 9.17) is 10.8 Å². The van der Waals surface area contributed by atoms with Gasteiger partial charge in [-0.2, -0.15) is 0 Å². The highest BCUT2D eigenvalue weighted by Crippen LogP contribution is 2.38. The van der Waals surface area contributed by atoms with Crippen molar-refractivity contribution < 1.29 is 5.11 Å². The largest absolute Gasteiger partial charge is 0.396 e. The Morgan fingerprint density at radius 3 is 2.45 bits per heavy atom. The van der Waals surface area contributed by atoms with Gasteiger partial charge in [-0.05, 0) is 41.7 Å². The van der Waals surface area contributed by atoms with Gasteiger partial charge in [0.1, 0.15) is 0 Å². The van der Waals surface area contributed by atoms with Gasteiger partial charge in [0, 0.05) is 18.3 Å². The average Bonchev–Trinajstić information content (AvgIpc) is 2.79. The predicted molar refractivity (Wildman–Crippen MR) is 81.6 cm³/mol. The van der Waals surface area contributed by atoms with Crippen LogP contribution in [0.25, 0.3) is 0 Å². The van der Waals surface area contributed by atoms with Gasteiger partial charge in [0.05, 0.1) is 6.04 Å². The monoisotopic (exact) mass is 268 g/mol. The van der Waals surface area contributed by atoms with Crippen LogP contribution in [-0.4, -0.2) is 11.7 Å². The molecule has 1 aliphatic rings. The molecule has 0 spiro atoms. The zero-order valence-corrected chi connectivity index (χ0v) is 11.4. The van der Waals surface area contributed by atoms with E-state index < -0.39 is 0 Å². The Morgan fingerprint density at radius 2 is 1.75 bits per heavy atom. The normalized spacial score (nSPS) is 20.7. The summed E-state index contributed by atoms with van der Waals surface area (Å²) < 4.78 is 0. The molecule has 0 amide bonds. The Labute approximate surface area is 119 Å². The van der Waals surface area contributed by atoms with Gasteiger partial charge in [-0.1, -0.05) is 36.4 Å². The Kier molecular flexibility index (Phi) is 3.72. The first-order valence-corrected chi connectivity index (χ1v) is 7.08. The number of aliphatic hydroxyl groups is 1. The highest BCUT2D eigenvalue weighted by molar-refractivity contribution is 5.50. The minimum atomic E-state index is 0.123. The molecule has 0 bridgehead atoms. The second kappa shape index (κ2) is 5.65. The van der Waals surface area contributed by atoms with Crippen molar-refractivity contribution in [3.63, 3.8) is 0 Å². The van der Waals surface area contributed by atoms with Crippen LogP contribution in [0.2, 0.25) is 0 Å². The van der Waals surface area contributed by atoms with Gasteiger partial charge >= 0.3 is 0 Å². The van der Waals surface area contributed by atoms with Gasteiger partial charge in [0.25, 0.3) is 0 Å². The summed E-state index contributed by atoms with van der Waals surface area (Å²) in [6.07, 6.45) is 1.63. The second-order valence-corrected chi connectivity index (χ2v) is 5.34. The maximum atomic E-state index is 8.93. The van der Waals surface area contributed by atoms with E-state index in [0.717, 1.165) is 17.7 Å². The molecule has 0 heterocycles. The van der Waals surface area contributed by atoms with Crippen LogP contribution in [0.4, 0.5) is 5.69 Å². The number of aliphatic hydroxyl groups excluding tert-OH is 1. The number of fused-ring (bicyclic) bond motifs is 1. The van der Waals surface area contributed by atoms with Crippen molar-refractivity contribution in [2.24, 2.45) is 5.73 Å². The fraction of sp³-hybridized carbons (Fsp3) is 0.294. The van der Waals surface area contributed by atoms with Crippen molar-refractivity contribution in [1.82, 2.24) is 0 Å². The van der Waals surface area contributed by atoms with E-state index in [1.165, 1.54) is 11.1 Å². The van der Waals surface area contributed by atoms with Crippen molar-refractivity contribution in [1.29, 1.82) is 0 Å². The van der Waals surface area contributed by atoms with Gasteiger partial charge in [-0.15, -0.1) is 0 Å². The molecule has 0 aliphatic heterocycles. The van der Waals surface area contributed by atoms with E-state index in [1.807, 2.05) is 6.07 Å². The number of nitrogens with two attached hydrogens (primary N) is 1. The number of rotatable bonds is 4. The number of benzene rings is 2. The third kappa shape index (κ3) is 2.55. The van der Waals surface area contributed by atoms with Crippen molar-refractivity contribution in [3.05, 3.63) is 65.2 Å². The molecule has 1 aliphatic carbocycles. The third-order valence-electron chi connectivity index (χ3n) is 3.96. The summed E-state index contributed by atoms with van der Waals surface area (Å²) in [5, 5.41) is 12.5. The van der Waals surface area contributed by atoms with E-state index in [-0.39, 0.29) is 18.7 Å². The summed E-state index contributed by atoms with van der Waals surface area (Å²) in [5.74, 6) is 0. The Hall–Kier alpha value is -1.84. The molecule has 3 rings (SSSR count). The average molecular weight is 268 g/mol. The minimum Gasteiger partial charge on any atom is -0.396 e. The van der Waals surface area contributed by atoms with E-state index in [2.05, 4.69) is 47.8 Å². The van der Waals surface area contributed by atoms with Crippen LogP contribution >= 0.6 is 0 Å². The third-order valence-corrected chi connectivity index (χ3v) is 3.96. The lowest BCUT2D eigenvalue weighted by Crippen LogP contribution is -2.10. The first-order chi connectivity index (χ1) is 9.78. The lowest BCUT2D eigenvalue weighted by molar-refractivity contribution is 0.299. The summed E-state index contributed by atoms with van der Waals surface area (Å²) in [5.41, 5.74) is 11.0. The van der Waals surface area contributed by atoms with E-state index in [9.17, 15) is 0 Å². The quantitative estimate of drug-likeness (QED) is 0.799. The Bertz CT molecular complexity index is 580. The van der Waals surface area contributed by atoms with Gasteiger partial charge < -0.3 is 16.2 Å². The van der Waals surface area contributed by atoms with Gasteiger partial charge in [-0.3, -0.25) is 0 Å². The molecule has 0 saturated heterocycles. The maximum Gasteiger partial charge on any atom is 0.0535 e. The van der Waals surface area contributed by atoms with Crippen LogP contribution < -0.4 is 11.1 Å². The topological polar surface area (TPSA) is 58.3 Å². The van der Waals surface area contributed by atoms with Crippen molar-refractivity contribution >= 4 is 5.69 Å². The molecule has 2 aromatic carbocycles. The molecule has 20 heavy (non-hydrogen) atoms. The van der Waals surface area contributed by atoms with Crippen molar-refractivity contribution in [2.45, 2.75) is 24.9 Å². The number of hydrogen-bond acceptors (Lipinski definition) is 3. The van der Waals surface area contributed by atoms with E-state index >= 15 is 0 Å². The van der Waals surface area contributed by atoms with Gasteiger partial charge in [-0.25, -0.2) is 0 Å². The molecule has 3 nitrogen and oxygen atoms in total. The zero-order chi connectivity index (χ0) is 13.9. The predicted octanol–water partition coefficient (Wildman–Crippen LogP) is 2.78. The lowest BCUT2D eigenvalue weighted by atomic mass is 10.1. The first-order valence-electron chi connectivity index (χ1n) is 7.08.